The van der Waals surface area contributed by atoms with Crippen molar-refractivity contribution in [1.29, 1.82) is 0 Å². The molecule has 0 radical (unpaired) electrons. The molecule has 0 amide bonds. The molecule has 1 unspecified atom stereocenters. The standard InChI is InChI=1S/C36H76N2/c1-3-5-6-7-8-9-10-11-15-18-21-24-27-30-33-36(37)34-31-28-25-22-19-16-13-12-14-17-20-23-26-29-32-35-38-4-2/h36,38H,3-35,37H2,1-2H3. The highest BCUT2D eigenvalue weighted by Crippen LogP contribution is 2.16. The summed E-state index contributed by atoms with van der Waals surface area (Å²) < 4.78 is 0. The second kappa shape index (κ2) is 34.9. The Labute approximate surface area is 242 Å². The van der Waals surface area contributed by atoms with Gasteiger partial charge < -0.3 is 11.1 Å². The Morgan fingerprint density at radius 2 is 0.632 bits per heavy atom. The van der Waals surface area contributed by atoms with E-state index in [1.165, 1.54) is 206 Å². The summed E-state index contributed by atoms with van der Waals surface area (Å²) in [5.41, 5.74) is 6.39. The van der Waals surface area contributed by atoms with E-state index in [2.05, 4.69) is 19.2 Å². The van der Waals surface area contributed by atoms with Gasteiger partial charge in [-0.1, -0.05) is 194 Å². The van der Waals surface area contributed by atoms with Gasteiger partial charge in [-0.3, -0.25) is 0 Å². The SMILES string of the molecule is CCCCCCCCCCCCCCCCC(N)CCCCCCCCCCCCCCCCCNCC. The lowest BCUT2D eigenvalue weighted by molar-refractivity contribution is 0.477. The highest BCUT2D eigenvalue weighted by molar-refractivity contribution is 4.62. The topological polar surface area (TPSA) is 38.0 Å². The molecule has 0 heterocycles. The van der Waals surface area contributed by atoms with E-state index in [4.69, 9.17) is 5.73 Å². The third kappa shape index (κ3) is 33.9. The van der Waals surface area contributed by atoms with E-state index >= 15 is 0 Å². The minimum atomic E-state index is 0.463. The van der Waals surface area contributed by atoms with Gasteiger partial charge in [0.15, 0.2) is 0 Å². The molecule has 0 aromatic heterocycles. The molecule has 0 aliphatic rings. The van der Waals surface area contributed by atoms with E-state index in [0.29, 0.717) is 6.04 Å². The van der Waals surface area contributed by atoms with Crippen molar-refractivity contribution in [1.82, 2.24) is 5.32 Å². The molecule has 0 bridgehead atoms. The summed E-state index contributed by atoms with van der Waals surface area (Å²) in [5, 5.41) is 3.42. The van der Waals surface area contributed by atoms with Gasteiger partial charge >= 0.3 is 0 Å². The minimum absolute atomic E-state index is 0.463. The highest BCUT2D eigenvalue weighted by Gasteiger charge is 2.03. The van der Waals surface area contributed by atoms with Crippen molar-refractivity contribution >= 4 is 0 Å². The Bertz CT molecular complexity index is 397. The number of unbranched alkanes of at least 4 members (excludes halogenated alkanes) is 27. The van der Waals surface area contributed by atoms with Gasteiger partial charge in [0.2, 0.25) is 0 Å². The Morgan fingerprint density at radius 3 is 0.921 bits per heavy atom. The van der Waals surface area contributed by atoms with Crippen LogP contribution in [0.5, 0.6) is 0 Å². The van der Waals surface area contributed by atoms with E-state index in [1.807, 2.05) is 0 Å². The van der Waals surface area contributed by atoms with Crippen LogP contribution >= 0.6 is 0 Å². The van der Waals surface area contributed by atoms with Crippen LogP contribution in [-0.2, 0) is 0 Å². The summed E-state index contributed by atoms with van der Waals surface area (Å²) >= 11 is 0. The molecule has 1 atom stereocenters. The maximum Gasteiger partial charge on any atom is 0.00388 e. The van der Waals surface area contributed by atoms with Crippen LogP contribution in [0.1, 0.15) is 213 Å². The third-order valence-electron chi connectivity index (χ3n) is 8.61. The fourth-order valence-corrected chi connectivity index (χ4v) is 5.88. The molecule has 38 heavy (non-hydrogen) atoms. The molecule has 0 spiro atoms. The summed E-state index contributed by atoms with van der Waals surface area (Å²) in [7, 11) is 0. The van der Waals surface area contributed by atoms with E-state index in [-0.39, 0.29) is 0 Å². The van der Waals surface area contributed by atoms with Gasteiger partial charge in [-0.2, -0.15) is 0 Å². The number of hydrogen-bond donors (Lipinski definition) is 2. The van der Waals surface area contributed by atoms with Gasteiger partial charge in [0, 0.05) is 6.04 Å². The van der Waals surface area contributed by atoms with Crippen molar-refractivity contribution in [3.63, 3.8) is 0 Å². The molecular formula is C36H76N2. The molecule has 0 fully saturated rings. The van der Waals surface area contributed by atoms with Gasteiger partial charge in [0.25, 0.3) is 0 Å². The fraction of sp³-hybridized carbons (Fsp3) is 1.00. The van der Waals surface area contributed by atoms with Gasteiger partial charge in [-0.15, -0.1) is 0 Å². The van der Waals surface area contributed by atoms with E-state index < -0.39 is 0 Å². The highest BCUT2D eigenvalue weighted by atomic mass is 14.8. The second-order valence-corrected chi connectivity index (χ2v) is 12.6. The van der Waals surface area contributed by atoms with Crippen molar-refractivity contribution in [3.05, 3.63) is 0 Å². The zero-order valence-electron chi connectivity index (χ0n) is 27.0. The van der Waals surface area contributed by atoms with E-state index in [9.17, 15) is 0 Å². The maximum atomic E-state index is 6.39. The zero-order valence-corrected chi connectivity index (χ0v) is 27.0. The molecular weight excluding hydrogens is 460 g/mol. The van der Waals surface area contributed by atoms with Crippen LogP contribution in [-0.4, -0.2) is 19.1 Å². The number of hydrogen-bond acceptors (Lipinski definition) is 2. The average Bonchev–Trinajstić information content (AvgIpc) is 2.92. The van der Waals surface area contributed by atoms with Crippen LogP contribution in [0.15, 0.2) is 0 Å². The first kappa shape index (κ1) is 37.9. The van der Waals surface area contributed by atoms with Crippen molar-refractivity contribution in [3.8, 4) is 0 Å². The summed E-state index contributed by atoms with van der Waals surface area (Å²) in [6.07, 6.45) is 44.2. The number of nitrogens with two attached hydrogens (primary N) is 1. The quantitative estimate of drug-likeness (QED) is 0.0802. The lowest BCUT2D eigenvalue weighted by Crippen LogP contribution is -2.19. The third-order valence-corrected chi connectivity index (χ3v) is 8.61. The molecule has 0 saturated carbocycles. The first-order valence-electron chi connectivity index (χ1n) is 18.3. The maximum absolute atomic E-state index is 6.39. The zero-order chi connectivity index (χ0) is 27.6. The predicted molar refractivity (Wildman–Crippen MR) is 175 cm³/mol. The lowest BCUT2D eigenvalue weighted by atomic mass is 10.00. The molecule has 3 N–H and O–H groups in total. The van der Waals surface area contributed by atoms with Crippen LogP contribution in [0.3, 0.4) is 0 Å². The van der Waals surface area contributed by atoms with Crippen molar-refractivity contribution in [2.24, 2.45) is 5.73 Å². The Kier molecular flexibility index (Phi) is 34.9. The molecule has 0 aliphatic heterocycles. The van der Waals surface area contributed by atoms with Gasteiger partial charge in [-0.05, 0) is 32.4 Å². The molecule has 230 valence electrons. The minimum Gasteiger partial charge on any atom is -0.328 e. The van der Waals surface area contributed by atoms with Crippen LogP contribution in [0, 0.1) is 0 Å². The molecule has 0 aromatic carbocycles. The summed E-state index contributed by atoms with van der Waals surface area (Å²) in [6.45, 7) is 6.83. The average molecular weight is 537 g/mol. The fourth-order valence-electron chi connectivity index (χ4n) is 5.88. The molecule has 0 aromatic rings. The van der Waals surface area contributed by atoms with E-state index in [0.717, 1.165) is 6.54 Å². The van der Waals surface area contributed by atoms with Crippen LogP contribution in [0.2, 0.25) is 0 Å². The molecule has 0 rings (SSSR count). The van der Waals surface area contributed by atoms with Crippen LogP contribution < -0.4 is 11.1 Å². The smallest absolute Gasteiger partial charge is 0.00388 e. The Morgan fingerprint density at radius 1 is 0.368 bits per heavy atom. The normalized spacial score (nSPS) is 12.4. The lowest BCUT2D eigenvalue weighted by Gasteiger charge is -2.11. The Hall–Kier alpha value is -0.0800. The van der Waals surface area contributed by atoms with Crippen molar-refractivity contribution in [2.45, 2.75) is 219 Å². The summed E-state index contributed by atoms with van der Waals surface area (Å²) in [6, 6.07) is 0.463. The molecule has 0 saturated heterocycles. The summed E-state index contributed by atoms with van der Waals surface area (Å²) in [5.74, 6) is 0. The van der Waals surface area contributed by atoms with Crippen molar-refractivity contribution < 1.29 is 0 Å². The molecule has 2 heteroatoms. The van der Waals surface area contributed by atoms with Crippen LogP contribution in [0.25, 0.3) is 0 Å². The van der Waals surface area contributed by atoms with Gasteiger partial charge in [-0.25, -0.2) is 0 Å². The second-order valence-electron chi connectivity index (χ2n) is 12.6. The number of rotatable bonds is 34. The first-order valence-corrected chi connectivity index (χ1v) is 18.3. The van der Waals surface area contributed by atoms with Gasteiger partial charge in [0.1, 0.15) is 0 Å². The van der Waals surface area contributed by atoms with Crippen molar-refractivity contribution in [2.75, 3.05) is 13.1 Å². The molecule has 0 aliphatic carbocycles. The van der Waals surface area contributed by atoms with Crippen LogP contribution in [0.4, 0.5) is 0 Å². The monoisotopic (exact) mass is 537 g/mol. The predicted octanol–water partition coefficient (Wildman–Crippen LogP) is 12.0. The molecule has 2 nitrogen and oxygen atoms in total. The summed E-state index contributed by atoms with van der Waals surface area (Å²) in [4.78, 5) is 0. The largest absolute Gasteiger partial charge is 0.328 e. The van der Waals surface area contributed by atoms with E-state index in [1.54, 1.807) is 0 Å². The first-order chi connectivity index (χ1) is 18.8. The van der Waals surface area contributed by atoms with Gasteiger partial charge in [0.05, 0.1) is 0 Å². The number of nitrogens with one attached hydrogen (secondary N) is 1. The Balaban J connectivity index is 3.13.